The van der Waals surface area contributed by atoms with E-state index in [1.54, 1.807) is 10.3 Å². The van der Waals surface area contributed by atoms with E-state index in [4.69, 9.17) is 21.2 Å². The van der Waals surface area contributed by atoms with E-state index < -0.39 is 36.3 Å². The first-order valence-electron chi connectivity index (χ1n) is 12.2. The highest BCUT2D eigenvalue weighted by Gasteiger charge is 2.39. The molecular formula is C25H20ClF6N5O3S. The monoisotopic (exact) mass is 619 g/mol. The van der Waals surface area contributed by atoms with Crippen molar-refractivity contribution in [3.8, 4) is 5.88 Å². The fourth-order valence-electron chi connectivity index (χ4n) is 4.54. The second kappa shape index (κ2) is 11.4. The van der Waals surface area contributed by atoms with E-state index >= 15 is 0 Å². The lowest BCUT2D eigenvalue weighted by Gasteiger charge is -2.31. The SMILES string of the molecule is O=C(COc1cnc(C(F)(F)F)cn1)N1CCC(c2nc(C3=NOC(c4c(Cl)cccc4C(F)(F)F)C3)cs2)CC1. The summed E-state index contributed by atoms with van der Waals surface area (Å²) in [6, 6.07) is 3.56. The van der Waals surface area contributed by atoms with Crippen LogP contribution < -0.4 is 4.74 Å². The van der Waals surface area contributed by atoms with Gasteiger partial charge in [-0.15, -0.1) is 11.3 Å². The summed E-state index contributed by atoms with van der Waals surface area (Å²) in [5.74, 6) is -0.480. The summed E-state index contributed by atoms with van der Waals surface area (Å²) in [4.78, 5) is 30.9. The molecule has 16 heteroatoms. The van der Waals surface area contributed by atoms with E-state index in [1.807, 2.05) is 0 Å². The van der Waals surface area contributed by atoms with Crippen molar-refractivity contribution >= 4 is 34.6 Å². The number of carbonyl (C=O) groups excluding carboxylic acids is 1. The van der Waals surface area contributed by atoms with E-state index in [2.05, 4.69) is 20.1 Å². The van der Waals surface area contributed by atoms with Crippen LogP contribution in [0.4, 0.5) is 26.3 Å². The molecule has 2 aliphatic heterocycles. The average molecular weight is 620 g/mol. The van der Waals surface area contributed by atoms with Gasteiger partial charge in [0.15, 0.2) is 18.4 Å². The Morgan fingerprint density at radius 1 is 1.10 bits per heavy atom. The Bertz CT molecular complexity index is 1440. The number of benzene rings is 1. The molecule has 1 fully saturated rings. The van der Waals surface area contributed by atoms with E-state index in [0.29, 0.717) is 43.5 Å². The number of carbonyl (C=O) groups is 1. The smallest absolute Gasteiger partial charge is 0.434 e. The van der Waals surface area contributed by atoms with Crippen molar-refractivity contribution in [1.29, 1.82) is 0 Å². The summed E-state index contributed by atoms with van der Waals surface area (Å²) < 4.78 is 83.6. The summed E-state index contributed by atoms with van der Waals surface area (Å²) in [5, 5.41) is 6.51. The molecule has 41 heavy (non-hydrogen) atoms. The van der Waals surface area contributed by atoms with Gasteiger partial charge in [0.2, 0.25) is 5.88 Å². The fourth-order valence-corrected chi connectivity index (χ4v) is 5.84. The van der Waals surface area contributed by atoms with E-state index in [9.17, 15) is 31.1 Å². The fraction of sp³-hybridized carbons (Fsp3) is 0.400. The normalized spacial score (nSPS) is 18.3. The van der Waals surface area contributed by atoms with Crippen molar-refractivity contribution in [3.63, 3.8) is 0 Å². The predicted octanol–water partition coefficient (Wildman–Crippen LogP) is 6.27. The maximum Gasteiger partial charge on any atom is 0.434 e. The van der Waals surface area contributed by atoms with Gasteiger partial charge in [0.05, 0.1) is 28.7 Å². The van der Waals surface area contributed by atoms with Crippen LogP contribution in [0.25, 0.3) is 0 Å². The largest absolute Gasteiger partial charge is 0.466 e. The molecule has 2 aromatic heterocycles. The third kappa shape index (κ3) is 6.56. The van der Waals surface area contributed by atoms with Crippen LogP contribution >= 0.6 is 22.9 Å². The first-order chi connectivity index (χ1) is 19.4. The van der Waals surface area contributed by atoms with E-state index in [0.717, 1.165) is 17.3 Å². The lowest BCUT2D eigenvalue weighted by Crippen LogP contribution is -2.40. The molecule has 2 aliphatic rings. The van der Waals surface area contributed by atoms with Crippen molar-refractivity contribution in [2.45, 2.75) is 43.6 Å². The molecule has 0 spiro atoms. The van der Waals surface area contributed by atoms with Gasteiger partial charge in [0.1, 0.15) is 5.71 Å². The van der Waals surface area contributed by atoms with E-state index in [1.165, 1.54) is 23.5 Å². The molecule has 3 aromatic rings. The first-order valence-corrected chi connectivity index (χ1v) is 13.5. The van der Waals surface area contributed by atoms with Crippen molar-refractivity contribution in [3.05, 3.63) is 68.5 Å². The number of amides is 1. The summed E-state index contributed by atoms with van der Waals surface area (Å²) >= 11 is 7.49. The number of piperidine rings is 1. The molecule has 5 rings (SSSR count). The molecule has 4 heterocycles. The maximum atomic E-state index is 13.5. The molecule has 0 aliphatic carbocycles. The van der Waals surface area contributed by atoms with Gasteiger partial charge in [-0.05, 0) is 25.0 Å². The van der Waals surface area contributed by atoms with Gasteiger partial charge in [0, 0.05) is 41.4 Å². The Hall–Kier alpha value is -3.46. The van der Waals surface area contributed by atoms with Gasteiger partial charge in [-0.2, -0.15) is 26.3 Å². The van der Waals surface area contributed by atoms with Crippen LogP contribution in [0.5, 0.6) is 5.88 Å². The highest BCUT2D eigenvalue weighted by molar-refractivity contribution is 7.10. The number of hydrogen-bond acceptors (Lipinski definition) is 8. The molecule has 1 unspecified atom stereocenters. The zero-order valence-corrected chi connectivity index (χ0v) is 22.4. The summed E-state index contributed by atoms with van der Waals surface area (Å²) in [6.45, 7) is 0.438. The minimum absolute atomic E-state index is 0.0543. The number of thiazole rings is 1. The highest BCUT2D eigenvalue weighted by atomic mass is 35.5. The molecule has 8 nitrogen and oxygen atoms in total. The lowest BCUT2D eigenvalue weighted by atomic mass is 9.97. The average Bonchev–Trinajstić information content (AvgIpc) is 3.61. The van der Waals surface area contributed by atoms with Crippen molar-refractivity contribution < 1.29 is 40.7 Å². The van der Waals surface area contributed by atoms with Gasteiger partial charge >= 0.3 is 12.4 Å². The molecule has 1 amide bonds. The number of likely N-dealkylation sites (tertiary alicyclic amines) is 1. The second-order valence-electron chi connectivity index (χ2n) is 9.29. The van der Waals surface area contributed by atoms with Crippen molar-refractivity contribution in [2.75, 3.05) is 19.7 Å². The van der Waals surface area contributed by atoms with Gasteiger partial charge in [-0.3, -0.25) is 4.79 Å². The molecule has 1 aromatic carbocycles. The van der Waals surface area contributed by atoms with Gasteiger partial charge < -0.3 is 14.5 Å². The molecule has 0 bridgehead atoms. The Kier molecular flexibility index (Phi) is 8.10. The number of ether oxygens (including phenoxy) is 1. The number of nitrogens with zero attached hydrogens (tertiary/aromatic N) is 5. The third-order valence-electron chi connectivity index (χ3n) is 6.63. The quantitative estimate of drug-likeness (QED) is 0.302. The first kappa shape index (κ1) is 29.0. The number of halogens is 7. The molecule has 218 valence electrons. The molecule has 1 saturated heterocycles. The van der Waals surface area contributed by atoms with Crippen LogP contribution in [0.3, 0.4) is 0 Å². The van der Waals surface area contributed by atoms with Gasteiger partial charge in [-0.25, -0.2) is 15.0 Å². The molecule has 0 N–H and O–H groups in total. The highest BCUT2D eigenvalue weighted by Crippen LogP contribution is 2.42. The van der Waals surface area contributed by atoms with Crippen LogP contribution in [-0.4, -0.2) is 51.2 Å². The minimum Gasteiger partial charge on any atom is -0.466 e. The number of aromatic nitrogens is 3. The van der Waals surface area contributed by atoms with Crippen molar-refractivity contribution in [2.24, 2.45) is 5.16 Å². The van der Waals surface area contributed by atoms with Crippen LogP contribution in [0.2, 0.25) is 5.02 Å². The number of alkyl halides is 6. The third-order valence-corrected chi connectivity index (χ3v) is 7.96. The Morgan fingerprint density at radius 3 is 2.51 bits per heavy atom. The van der Waals surface area contributed by atoms with Crippen LogP contribution in [0.15, 0.2) is 41.1 Å². The van der Waals surface area contributed by atoms with Crippen LogP contribution in [0.1, 0.15) is 58.8 Å². The van der Waals surface area contributed by atoms with Crippen molar-refractivity contribution in [1.82, 2.24) is 19.9 Å². The van der Waals surface area contributed by atoms with E-state index in [-0.39, 0.29) is 34.7 Å². The maximum absolute atomic E-state index is 13.5. The summed E-state index contributed by atoms with van der Waals surface area (Å²) in [6.07, 6.45) is -7.57. The zero-order valence-electron chi connectivity index (χ0n) is 20.9. The van der Waals surface area contributed by atoms with Gasteiger partial charge in [0.25, 0.3) is 5.91 Å². The number of rotatable bonds is 6. The minimum atomic E-state index is -4.62. The standard InChI is InChI=1S/C25H20ClF6N5O3S/c26-15-3-1-2-14(24(27,28)29)22(15)18-8-16(36-40-18)17-12-41-23(35-17)13-4-6-37(7-5-13)21(38)11-39-20-10-33-19(9-34-20)25(30,31)32/h1-3,9-10,12-13,18H,4-8,11H2. The summed E-state index contributed by atoms with van der Waals surface area (Å²) in [5.41, 5.74) is -1.27. The predicted molar refractivity (Wildman–Crippen MR) is 135 cm³/mol. The number of hydrogen-bond donors (Lipinski definition) is 0. The van der Waals surface area contributed by atoms with Crippen LogP contribution in [-0.2, 0) is 22.0 Å². The molecular weight excluding hydrogens is 600 g/mol. The molecule has 1 atom stereocenters. The number of oxime groups is 1. The Balaban J connectivity index is 1.14. The van der Waals surface area contributed by atoms with Gasteiger partial charge in [-0.1, -0.05) is 22.8 Å². The van der Waals surface area contributed by atoms with Crippen LogP contribution in [0, 0.1) is 0 Å². The molecule has 0 radical (unpaired) electrons. The lowest BCUT2D eigenvalue weighted by molar-refractivity contribution is -0.141. The Labute approximate surface area is 238 Å². The summed E-state index contributed by atoms with van der Waals surface area (Å²) in [7, 11) is 0. The zero-order chi connectivity index (χ0) is 29.4. The second-order valence-corrected chi connectivity index (χ2v) is 10.6. The topological polar surface area (TPSA) is 89.8 Å². The Morgan fingerprint density at radius 2 is 1.85 bits per heavy atom. The molecule has 0 saturated carbocycles.